The molecule has 2 bridgehead atoms. The van der Waals surface area contributed by atoms with Crippen LogP contribution in [0, 0.1) is 17.1 Å². The van der Waals surface area contributed by atoms with E-state index in [1.165, 1.54) is 6.07 Å². The van der Waals surface area contributed by atoms with Crippen LogP contribution in [0.25, 0.3) is 0 Å². The number of carbonyl (C=O) groups is 1. The van der Waals surface area contributed by atoms with Gasteiger partial charge in [0, 0.05) is 6.04 Å². The number of nitrogens with zero attached hydrogens (tertiary/aromatic N) is 2. The molecule has 3 rings (SSSR count). The zero-order chi connectivity index (χ0) is 18.2. The minimum absolute atomic E-state index is 0.0324. The monoisotopic (exact) mass is 342 g/mol. The van der Waals surface area contributed by atoms with Gasteiger partial charge in [-0.1, -0.05) is 17.7 Å². The predicted octanol–water partition coefficient (Wildman–Crippen LogP) is 4.34. The Morgan fingerprint density at radius 2 is 2.16 bits per heavy atom. The van der Waals surface area contributed by atoms with Crippen molar-refractivity contribution in [1.82, 2.24) is 4.90 Å². The lowest BCUT2D eigenvalue weighted by Crippen LogP contribution is -2.45. The van der Waals surface area contributed by atoms with E-state index in [4.69, 9.17) is 10.00 Å². The minimum Gasteiger partial charge on any atom is -0.444 e. The molecule has 0 spiro atoms. The molecule has 2 aliphatic heterocycles. The van der Waals surface area contributed by atoms with Crippen molar-refractivity contribution in [1.29, 1.82) is 5.26 Å². The molecule has 1 amide bonds. The highest BCUT2D eigenvalue weighted by molar-refractivity contribution is 5.70. The number of ether oxygens (including phenoxy) is 1. The number of rotatable bonds is 2. The van der Waals surface area contributed by atoms with E-state index in [1.807, 2.05) is 31.7 Å². The second-order valence-electron chi connectivity index (χ2n) is 7.81. The van der Waals surface area contributed by atoms with Gasteiger partial charge >= 0.3 is 6.09 Å². The summed E-state index contributed by atoms with van der Waals surface area (Å²) in [5.41, 5.74) is 1.56. The van der Waals surface area contributed by atoms with E-state index in [0.29, 0.717) is 17.5 Å². The number of amides is 1. The Labute approximate surface area is 147 Å². The minimum atomic E-state index is -0.508. The second kappa shape index (κ2) is 6.51. The molecule has 0 saturated carbocycles. The third kappa shape index (κ3) is 3.84. The average Bonchev–Trinajstić information content (AvgIpc) is 2.79. The summed E-state index contributed by atoms with van der Waals surface area (Å²) in [6.07, 6.45) is 4.95. The number of halogens is 1. The molecule has 4 nitrogen and oxygen atoms in total. The Kier molecular flexibility index (Phi) is 4.55. The number of hydrogen-bond acceptors (Lipinski definition) is 3. The largest absolute Gasteiger partial charge is 0.444 e. The van der Waals surface area contributed by atoms with E-state index < -0.39 is 5.60 Å². The molecule has 0 radical (unpaired) electrons. The van der Waals surface area contributed by atoms with Crippen molar-refractivity contribution in [2.75, 3.05) is 0 Å². The van der Waals surface area contributed by atoms with Crippen LogP contribution in [-0.2, 0) is 11.2 Å². The van der Waals surface area contributed by atoms with Crippen LogP contribution in [0.2, 0.25) is 0 Å². The van der Waals surface area contributed by atoms with Gasteiger partial charge < -0.3 is 4.74 Å². The van der Waals surface area contributed by atoms with Crippen molar-refractivity contribution >= 4 is 6.09 Å². The Morgan fingerprint density at radius 3 is 2.76 bits per heavy atom. The first-order chi connectivity index (χ1) is 11.8. The lowest BCUT2D eigenvalue weighted by molar-refractivity contribution is 0.0166. The van der Waals surface area contributed by atoms with Crippen LogP contribution >= 0.6 is 0 Å². The summed E-state index contributed by atoms with van der Waals surface area (Å²) in [7, 11) is 0. The van der Waals surface area contributed by atoms with Crippen LogP contribution in [0.5, 0.6) is 0 Å². The van der Waals surface area contributed by atoms with Crippen LogP contribution in [-0.4, -0.2) is 28.7 Å². The van der Waals surface area contributed by atoms with Crippen LogP contribution in [0.15, 0.2) is 29.8 Å². The van der Waals surface area contributed by atoms with Gasteiger partial charge in [0.2, 0.25) is 0 Å². The van der Waals surface area contributed by atoms with Crippen molar-refractivity contribution in [2.45, 2.75) is 64.1 Å². The SMILES string of the molecule is CC(C)(C)OC(=O)N1C2C=C(Cc3ccc(C#N)cc3F)CC1CC2. The maximum absolute atomic E-state index is 14.1. The van der Waals surface area contributed by atoms with E-state index >= 15 is 0 Å². The Balaban J connectivity index is 1.74. The molecule has 2 heterocycles. The number of nitriles is 1. The summed E-state index contributed by atoms with van der Waals surface area (Å²) < 4.78 is 19.7. The standard InChI is InChI=1S/C20H23FN2O2/c1-20(2,3)25-19(24)23-16-6-7-17(23)10-14(9-16)8-15-5-4-13(12-22)11-18(15)21/h4-5,9,11,16-17H,6-8,10H2,1-3H3. The molecule has 2 unspecified atom stereocenters. The molecule has 1 aromatic carbocycles. The fraction of sp³-hybridized carbons (Fsp3) is 0.500. The van der Waals surface area contributed by atoms with Crippen molar-refractivity contribution in [3.8, 4) is 6.07 Å². The fourth-order valence-electron chi connectivity index (χ4n) is 3.65. The summed E-state index contributed by atoms with van der Waals surface area (Å²) in [5.74, 6) is -0.345. The van der Waals surface area contributed by atoms with Crippen molar-refractivity contribution < 1.29 is 13.9 Å². The van der Waals surface area contributed by atoms with Gasteiger partial charge in [-0.25, -0.2) is 9.18 Å². The first kappa shape index (κ1) is 17.5. The van der Waals surface area contributed by atoms with Gasteiger partial charge in [0.15, 0.2) is 0 Å². The number of fused-ring (bicyclic) bond motifs is 2. The molecule has 0 aliphatic carbocycles. The summed E-state index contributed by atoms with van der Waals surface area (Å²) in [4.78, 5) is 14.3. The maximum atomic E-state index is 14.1. The first-order valence-electron chi connectivity index (χ1n) is 8.66. The normalized spacial score (nSPS) is 22.4. The molecule has 0 N–H and O–H groups in total. The van der Waals surface area contributed by atoms with Gasteiger partial charge in [0.05, 0.1) is 17.7 Å². The van der Waals surface area contributed by atoms with E-state index in [0.717, 1.165) is 24.8 Å². The van der Waals surface area contributed by atoms with E-state index in [1.54, 1.807) is 12.1 Å². The van der Waals surface area contributed by atoms with Crippen LogP contribution in [0.3, 0.4) is 0 Å². The topological polar surface area (TPSA) is 53.3 Å². The molecule has 1 aromatic rings. The molecule has 1 fully saturated rings. The van der Waals surface area contributed by atoms with Gasteiger partial charge in [0.1, 0.15) is 11.4 Å². The zero-order valence-electron chi connectivity index (χ0n) is 14.9. The van der Waals surface area contributed by atoms with Gasteiger partial charge in [-0.15, -0.1) is 0 Å². The molecule has 0 aromatic heterocycles. The van der Waals surface area contributed by atoms with Crippen molar-refractivity contribution in [3.63, 3.8) is 0 Å². The molecular weight excluding hydrogens is 319 g/mol. The van der Waals surface area contributed by atoms with Crippen LogP contribution in [0.4, 0.5) is 9.18 Å². The highest BCUT2D eigenvalue weighted by Crippen LogP contribution is 2.37. The molecular formula is C20H23FN2O2. The predicted molar refractivity (Wildman–Crippen MR) is 92.4 cm³/mol. The number of benzene rings is 1. The Morgan fingerprint density at radius 1 is 1.40 bits per heavy atom. The Bertz CT molecular complexity index is 758. The van der Waals surface area contributed by atoms with Gasteiger partial charge in [-0.2, -0.15) is 5.26 Å². The highest BCUT2D eigenvalue weighted by Gasteiger charge is 2.41. The highest BCUT2D eigenvalue weighted by atomic mass is 19.1. The molecule has 2 aliphatic rings. The molecule has 25 heavy (non-hydrogen) atoms. The smallest absolute Gasteiger partial charge is 0.411 e. The van der Waals surface area contributed by atoms with Gasteiger partial charge in [0.25, 0.3) is 0 Å². The quantitative estimate of drug-likeness (QED) is 0.751. The summed E-state index contributed by atoms with van der Waals surface area (Å²) in [5, 5.41) is 8.84. The molecule has 5 heteroatoms. The third-order valence-electron chi connectivity index (χ3n) is 4.68. The second-order valence-corrected chi connectivity index (χ2v) is 7.81. The number of hydrogen-bond donors (Lipinski definition) is 0. The molecule has 132 valence electrons. The third-order valence-corrected chi connectivity index (χ3v) is 4.68. The first-order valence-corrected chi connectivity index (χ1v) is 8.66. The number of carbonyl (C=O) groups excluding carboxylic acids is 1. The average molecular weight is 342 g/mol. The Hall–Kier alpha value is -2.35. The van der Waals surface area contributed by atoms with Crippen LogP contribution in [0.1, 0.15) is 51.2 Å². The van der Waals surface area contributed by atoms with E-state index in [2.05, 4.69) is 6.08 Å². The maximum Gasteiger partial charge on any atom is 0.411 e. The summed E-state index contributed by atoms with van der Waals surface area (Å²) in [6.45, 7) is 5.60. The summed E-state index contributed by atoms with van der Waals surface area (Å²) >= 11 is 0. The lowest BCUT2D eigenvalue weighted by Gasteiger charge is -2.35. The van der Waals surface area contributed by atoms with Crippen LogP contribution < -0.4 is 0 Å². The van der Waals surface area contributed by atoms with Crippen molar-refractivity contribution in [2.24, 2.45) is 0 Å². The zero-order valence-corrected chi connectivity index (χ0v) is 14.9. The molecule has 1 saturated heterocycles. The van der Waals surface area contributed by atoms with E-state index in [-0.39, 0.29) is 24.0 Å². The van der Waals surface area contributed by atoms with Gasteiger partial charge in [-0.05, 0) is 64.2 Å². The lowest BCUT2D eigenvalue weighted by atomic mass is 9.94. The fourth-order valence-corrected chi connectivity index (χ4v) is 3.65. The van der Waals surface area contributed by atoms with Crippen molar-refractivity contribution in [3.05, 3.63) is 46.8 Å². The van der Waals surface area contributed by atoms with Gasteiger partial charge in [-0.3, -0.25) is 4.90 Å². The molecule has 2 atom stereocenters. The van der Waals surface area contributed by atoms with E-state index in [9.17, 15) is 9.18 Å². The summed E-state index contributed by atoms with van der Waals surface area (Å²) in [6, 6.07) is 6.70.